The number of alkyl halides is 3. The van der Waals surface area contributed by atoms with Crippen LogP contribution >= 0.6 is 11.6 Å². The number of hydrogen-bond donors (Lipinski definition) is 1. The van der Waals surface area contributed by atoms with E-state index in [2.05, 4.69) is 15.3 Å². The van der Waals surface area contributed by atoms with E-state index in [9.17, 15) is 18.0 Å². The molecular formula is C23H15ClF3N3O2. The number of benzene rings is 3. The minimum absolute atomic E-state index is 0.0364. The van der Waals surface area contributed by atoms with Gasteiger partial charge in [0.15, 0.2) is 0 Å². The van der Waals surface area contributed by atoms with Crippen LogP contribution in [0.2, 0.25) is 5.02 Å². The van der Waals surface area contributed by atoms with Gasteiger partial charge in [-0.15, -0.1) is 0 Å². The normalized spacial score (nSPS) is 12.4. The molecule has 5 nitrogen and oxygen atoms in total. The maximum absolute atomic E-state index is 13.1. The molecule has 9 heteroatoms. The lowest BCUT2D eigenvalue weighted by molar-refractivity contribution is -0.137. The van der Waals surface area contributed by atoms with Crippen LogP contribution in [0.1, 0.15) is 17.2 Å². The van der Waals surface area contributed by atoms with Crippen molar-refractivity contribution in [3.05, 3.63) is 95.3 Å². The van der Waals surface area contributed by atoms with Crippen LogP contribution in [0, 0.1) is 0 Å². The quantitative estimate of drug-likeness (QED) is 0.395. The van der Waals surface area contributed by atoms with Crippen LogP contribution in [0.4, 0.5) is 18.9 Å². The molecule has 0 unspecified atom stereocenters. The van der Waals surface area contributed by atoms with Gasteiger partial charge >= 0.3 is 6.18 Å². The summed E-state index contributed by atoms with van der Waals surface area (Å²) in [6.45, 7) is 0. The number of ether oxygens (including phenoxy) is 1. The number of nitrogens with zero attached hydrogens (tertiary/aromatic N) is 2. The van der Waals surface area contributed by atoms with Crippen molar-refractivity contribution in [3.8, 4) is 5.88 Å². The summed E-state index contributed by atoms with van der Waals surface area (Å²) < 4.78 is 45.3. The van der Waals surface area contributed by atoms with Gasteiger partial charge in [0.2, 0.25) is 12.0 Å². The third kappa shape index (κ3) is 4.65. The first-order chi connectivity index (χ1) is 15.3. The molecule has 0 aliphatic rings. The molecular weight excluding hydrogens is 443 g/mol. The van der Waals surface area contributed by atoms with Gasteiger partial charge in [0.25, 0.3) is 5.91 Å². The first-order valence-corrected chi connectivity index (χ1v) is 9.79. The number of para-hydroxylation sites is 1. The number of fused-ring (bicyclic) bond motifs is 1. The molecule has 1 heterocycles. The topological polar surface area (TPSA) is 64.1 Å². The molecule has 1 N–H and O–H groups in total. The minimum Gasteiger partial charge on any atom is -0.459 e. The summed E-state index contributed by atoms with van der Waals surface area (Å²) >= 11 is 6.04. The lowest BCUT2D eigenvalue weighted by Gasteiger charge is -2.20. The van der Waals surface area contributed by atoms with Crippen molar-refractivity contribution < 1.29 is 22.7 Å². The van der Waals surface area contributed by atoms with Crippen LogP contribution in [0.25, 0.3) is 10.9 Å². The molecule has 0 spiro atoms. The molecule has 0 fully saturated rings. The number of carbonyl (C=O) groups is 1. The minimum atomic E-state index is -4.58. The summed E-state index contributed by atoms with van der Waals surface area (Å²) in [4.78, 5) is 21.4. The molecule has 4 rings (SSSR count). The molecule has 0 radical (unpaired) electrons. The molecule has 0 aliphatic heterocycles. The van der Waals surface area contributed by atoms with Crippen molar-refractivity contribution in [2.45, 2.75) is 12.3 Å². The van der Waals surface area contributed by atoms with Crippen LogP contribution in [0.15, 0.2) is 79.1 Å². The molecule has 0 saturated carbocycles. The molecule has 0 bridgehead atoms. The Bertz CT molecular complexity index is 1260. The molecule has 32 heavy (non-hydrogen) atoms. The smallest absolute Gasteiger partial charge is 0.416 e. The number of nitrogens with one attached hydrogen (secondary N) is 1. The van der Waals surface area contributed by atoms with E-state index in [1.165, 1.54) is 6.33 Å². The molecule has 1 aromatic heterocycles. The van der Waals surface area contributed by atoms with Crippen LogP contribution in [0.3, 0.4) is 0 Å². The standard InChI is InChI=1S/C23H15ClF3N3O2/c24-17-11-10-15(23(25,26)27)12-19(17)30-21(31)20(14-6-2-1-3-7-14)32-22-16-8-4-5-9-18(16)28-13-29-22/h1-13,20H,(H,30,31)/t20-/m1/s1. The zero-order chi connectivity index (χ0) is 22.7. The highest BCUT2D eigenvalue weighted by Crippen LogP contribution is 2.35. The largest absolute Gasteiger partial charge is 0.459 e. The van der Waals surface area contributed by atoms with E-state index in [4.69, 9.17) is 16.3 Å². The highest BCUT2D eigenvalue weighted by atomic mass is 35.5. The Morgan fingerprint density at radius 1 is 0.969 bits per heavy atom. The summed E-state index contributed by atoms with van der Waals surface area (Å²) in [7, 11) is 0. The fourth-order valence-electron chi connectivity index (χ4n) is 3.08. The van der Waals surface area contributed by atoms with E-state index in [0.29, 0.717) is 16.5 Å². The van der Waals surface area contributed by atoms with E-state index in [0.717, 1.165) is 18.2 Å². The average Bonchev–Trinajstić information content (AvgIpc) is 2.78. The van der Waals surface area contributed by atoms with Crippen LogP contribution in [-0.2, 0) is 11.0 Å². The van der Waals surface area contributed by atoms with Gasteiger partial charge in [-0.25, -0.2) is 9.97 Å². The van der Waals surface area contributed by atoms with Crippen LogP contribution < -0.4 is 10.1 Å². The maximum Gasteiger partial charge on any atom is 0.416 e. The van der Waals surface area contributed by atoms with Crippen LogP contribution in [-0.4, -0.2) is 15.9 Å². The Balaban J connectivity index is 1.70. The van der Waals surface area contributed by atoms with Crippen molar-refractivity contribution in [1.82, 2.24) is 9.97 Å². The highest BCUT2D eigenvalue weighted by Gasteiger charge is 2.32. The van der Waals surface area contributed by atoms with Gasteiger partial charge in [-0.05, 0) is 30.3 Å². The highest BCUT2D eigenvalue weighted by molar-refractivity contribution is 6.33. The number of anilines is 1. The van der Waals surface area contributed by atoms with Crippen molar-refractivity contribution in [2.75, 3.05) is 5.32 Å². The lowest BCUT2D eigenvalue weighted by Crippen LogP contribution is -2.26. The van der Waals surface area contributed by atoms with Gasteiger partial charge in [0.05, 0.1) is 27.2 Å². The van der Waals surface area contributed by atoms with Gasteiger partial charge in [0.1, 0.15) is 6.33 Å². The molecule has 0 saturated heterocycles. The first kappa shape index (κ1) is 21.6. The Morgan fingerprint density at radius 3 is 2.44 bits per heavy atom. The summed E-state index contributed by atoms with van der Waals surface area (Å²) in [5.74, 6) is -0.546. The number of hydrogen-bond acceptors (Lipinski definition) is 4. The summed E-state index contributed by atoms with van der Waals surface area (Å²) in [5, 5.41) is 3.00. The van der Waals surface area contributed by atoms with Gasteiger partial charge < -0.3 is 10.1 Å². The van der Waals surface area contributed by atoms with E-state index in [-0.39, 0.29) is 16.6 Å². The van der Waals surface area contributed by atoms with E-state index >= 15 is 0 Å². The zero-order valence-corrected chi connectivity index (χ0v) is 17.1. The SMILES string of the molecule is O=C(Nc1cc(C(F)(F)F)ccc1Cl)[C@H](Oc1ncnc2ccccc12)c1ccccc1. The predicted octanol–water partition coefficient (Wildman–Crippen LogP) is 6.06. The lowest BCUT2D eigenvalue weighted by atomic mass is 10.1. The number of amides is 1. The number of rotatable bonds is 5. The summed E-state index contributed by atoms with van der Waals surface area (Å²) in [6.07, 6.45) is -4.49. The Morgan fingerprint density at radius 2 is 1.69 bits per heavy atom. The third-order valence-corrected chi connectivity index (χ3v) is 4.96. The molecule has 4 aromatic rings. The third-order valence-electron chi connectivity index (χ3n) is 4.63. The second-order valence-electron chi connectivity index (χ2n) is 6.79. The number of carbonyl (C=O) groups excluding carboxylic acids is 1. The number of aromatic nitrogens is 2. The van der Waals surface area contributed by atoms with Crippen molar-refractivity contribution in [3.63, 3.8) is 0 Å². The van der Waals surface area contributed by atoms with E-state index in [1.54, 1.807) is 54.6 Å². The summed E-state index contributed by atoms with van der Waals surface area (Å²) in [6, 6.07) is 18.3. The maximum atomic E-state index is 13.1. The molecule has 1 atom stereocenters. The van der Waals surface area contributed by atoms with Gasteiger partial charge in [0, 0.05) is 5.56 Å². The Hall–Kier alpha value is -3.65. The van der Waals surface area contributed by atoms with Gasteiger partial charge in [-0.2, -0.15) is 13.2 Å². The van der Waals surface area contributed by atoms with Crippen LogP contribution in [0.5, 0.6) is 5.88 Å². The zero-order valence-electron chi connectivity index (χ0n) is 16.3. The van der Waals surface area contributed by atoms with Crippen molar-refractivity contribution in [1.29, 1.82) is 0 Å². The summed E-state index contributed by atoms with van der Waals surface area (Å²) in [5.41, 5.74) is -0.0128. The number of halogens is 4. The Labute approximate surface area is 185 Å². The van der Waals surface area contributed by atoms with Gasteiger partial charge in [-0.1, -0.05) is 54.1 Å². The fraction of sp³-hybridized carbons (Fsp3) is 0.0870. The second kappa shape index (κ2) is 8.84. The second-order valence-corrected chi connectivity index (χ2v) is 7.19. The molecule has 1 amide bonds. The van der Waals surface area contributed by atoms with Gasteiger partial charge in [-0.3, -0.25) is 4.79 Å². The fourth-order valence-corrected chi connectivity index (χ4v) is 3.25. The molecule has 3 aromatic carbocycles. The van der Waals surface area contributed by atoms with Crippen molar-refractivity contribution >= 4 is 34.1 Å². The average molecular weight is 458 g/mol. The van der Waals surface area contributed by atoms with Crippen molar-refractivity contribution in [2.24, 2.45) is 0 Å². The predicted molar refractivity (Wildman–Crippen MR) is 114 cm³/mol. The monoisotopic (exact) mass is 457 g/mol. The molecule has 162 valence electrons. The first-order valence-electron chi connectivity index (χ1n) is 9.42. The Kier molecular flexibility index (Phi) is 5.96. The van der Waals surface area contributed by atoms with E-state index in [1.807, 2.05) is 0 Å². The van der Waals surface area contributed by atoms with E-state index < -0.39 is 23.8 Å². The molecule has 0 aliphatic carbocycles.